The van der Waals surface area contributed by atoms with Crippen molar-refractivity contribution in [2.24, 2.45) is 23.7 Å². The second kappa shape index (κ2) is 13.1. The van der Waals surface area contributed by atoms with Crippen molar-refractivity contribution in [3.8, 4) is 0 Å². The second-order valence-electron chi connectivity index (χ2n) is 12.7. The summed E-state index contributed by atoms with van der Waals surface area (Å²) in [5.41, 5.74) is 0.291. The molecule has 0 radical (unpaired) electrons. The van der Waals surface area contributed by atoms with Crippen LogP contribution in [-0.2, 0) is 41.7 Å². The minimum absolute atomic E-state index is 0.00631. The largest absolute Gasteiger partial charge is 0.468 e. The molecule has 6 rings (SSSR count). The molecule has 2 aliphatic heterocycles. The van der Waals surface area contributed by atoms with Crippen molar-refractivity contribution in [1.82, 2.24) is 25.4 Å². The summed E-state index contributed by atoms with van der Waals surface area (Å²) in [4.78, 5) is 90.5. The number of methoxy groups -OCH3 is 1. The first-order valence-corrected chi connectivity index (χ1v) is 16.2. The zero-order chi connectivity index (χ0) is 33.3. The van der Waals surface area contributed by atoms with E-state index in [9.17, 15) is 28.8 Å². The molecule has 3 fully saturated rings. The Balaban J connectivity index is 1.53. The van der Waals surface area contributed by atoms with Crippen LogP contribution < -0.4 is 10.6 Å². The Hall–Kier alpha value is -4.87. The lowest BCUT2D eigenvalue weighted by Crippen LogP contribution is -2.73. The van der Waals surface area contributed by atoms with Gasteiger partial charge in [0.1, 0.15) is 12.1 Å². The lowest BCUT2D eigenvalue weighted by Gasteiger charge is -2.54. The van der Waals surface area contributed by atoms with Crippen LogP contribution in [0.2, 0.25) is 0 Å². The van der Waals surface area contributed by atoms with E-state index in [1.165, 1.54) is 7.11 Å². The fourth-order valence-electron chi connectivity index (χ4n) is 7.57. The number of likely N-dealkylation sites (tertiary alicyclic amines) is 1. The molecule has 246 valence electrons. The van der Waals surface area contributed by atoms with Gasteiger partial charge in [-0.2, -0.15) is 0 Å². The Morgan fingerprint density at radius 2 is 1.72 bits per heavy atom. The van der Waals surface area contributed by atoms with Gasteiger partial charge in [0, 0.05) is 30.7 Å². The van der Waals surface area contributed by atoms with E-state index >= 15 is 0 Å². The highest BCUT2D eigenvalue weighted by molar-refractivity contribution is 6.13. The first-order chi connectivity index (χ1) is 22.7. The quantitative estimate of drug-likeness (QED) is 0.296. The Kier molecular flexibility index (Phi) is 8.94. The van der Waals surface area contributed by atoms with Gasteiger partial charge in [-0.15, -0.1) is 0 Å². The molecule has 4 aliphatic rings. The summed E-state index contributed by atoms with van der Waals surface area (Å²) in [5.74, 6) is -5.67. The second-order valence-corrected chi connectivity index (χ2v) is 12.7. The zero-order valence-electron chi connectivity index (χ0n) is 26.6. The number of ether oxygens (including phenoxy) is 1. The molecular weight excluding hydrogens is 602 g/mol. The first-order valence-electron chi connectivity index (χ1n) is 16.2. The van der Waals surface area contributed by atoms with Gasteiger partial charge in [-0.3, -0.25) is 33.9 Å². The van der Waals surface area contributed by atoms with Crippen LogP contribution in [0.15, 0.2) is 65.9 Å². The molecule has 6 amide bonds. The van der Waals surface area contributed by atoms with Crippen molar-refractivity contribution in [3.05, 3.63) is 77.1 Å². The van der Waals surface area contributed by atoms with Gasteiger partial charge >= 0.3 is 12.0 Å². The smallest absolute Gasteiger partial charge is 0.325 e. The average molecular weight is 642 g/mol. The predicted molar refractivity (Wildman–Crippen MR) is 168 cm³/mol. The predicted octanol–water partition coefficient (Wildman–Crippen LogP) is 2.53. The minimum atomic E-state index is -1.91. The number of amides is 6. The van der Waals surface area contributed by atoms with Crippen molar-refractivity contribution in [3.63, 3.8) is 0 Å². The van der Waals surface area contributed by atoms with Gasteiger partial charge in [-0.1, -0.05) is 48.9 Å². The number of carbonyl (C=O) groups excluding carboxylic acids is 6. The van der Waals surface area contributed by atoms with Gasteiger partial charge in [0.25, 0.3) is 5.91 Å². The third-order valence-electron chi connectivity index (χ3n) is 9.97. The van der Waals surface area contributed by atoms with Crippen molar-refractivity contribution in [2.45, 2.75) is 57.5 Å². The van der Waals surface area contributed by atoms with E-state index in [4.69, 9.17) is 4.74 Å². The van der Waals surface area contributed by atoms with Crippen molar-refractivity contribution < 1.29 is 33.5 Å². The number of hydrogen-bond donors (Lipinski definition) is 2. The Labute approximate surface area is 272 Å². The fraction of sp³-hybridized carbons (Fsp3) is 0.457. The Bertz CT molecular complexity index is 1620. The summed E-state index contributed by atoms with van der Waals surface area (Å²) in [6.07, 6.45) is 4.23. The number of carbonyl (C=O) groups is 6. The lowest BCUT2D eigenvalue weighted by atomic mass is 9.57. The molecule has 3 heterocycles. The zero-order valence-corrected chi connectivity index (χ0v) is 26.6. The third kappa shape index (κ3) is 5.81. The number of urea groups is 1. The molecule has 1 aromatic heterocycles. The van der Waals surface area contributed by atoms with Gasteiger partial charge in [-0.25, -0.2) is 9.69 Å². The van der Waals surface area contributed by atoms with Crippen LogP contribution in [0.3, 0.4) is 0 Å². The molecule has 4 atom stereocenters. The highest BCUT2D eigenvalue weighted by Crippen LogP contribution is 2.55. The number of hydrogen-bond acceptors (Lipinski definition) is 8. The molecule has 47 heavy (non-hydrogen) atoms. The Morgan fingerprint density at radius 1 is 0.979 bits per heavy atom. The number of fused-ring (bicyclic) bond motifs is 3. The SMILES string of the molecule is CCC1=C2CC[C@H]3C(=O)N(CC(=O)OC)C(=O)[C@H]3[C@H]2[C@@](Cc2ccccc2)(C(=O)NCC2CC2)N(C(=O)NCc2ccccn2)C1=O. The molecule has 0 unspecified atom stereocenters. The van der Waals surface area contributed by atoms with Crippen molar-refractivity contribution >= 4 is 35.6 Å². The van der Waals surface area contributed by atoms with E-state index in [1.54, 1.807) is 31.3 Å². The Morgan fingerprint density at radius 3 is 2.38 bits per heavy atom. The topological polar surface area (TPSA) is 155 Å². The van der Waals surface area contributed by atoms with E-state index < -0.39 is 65.5 Å². The van der Waals surface area contributed by atoms with Crippen LogP contribution >= 0.6 is 0 Å². The number of rotatable bonds is 10. The fourth-order valence-corrected chi connectivity index (χ4v) is 7.57. The van der Waals surface area contributed by atoms with Crippen LogP contribution in [0.5, 0.6) is 0 Å². The highest BCUT2D eigenvalue weighted by Gasteiger charge is 2.67. The van der Waals surface area contributed by atoms with E-state index in [0.717, 1.165) is 22.6 Å². The molecule has 0 spiro atoms. The molecule has 12 nitrogen and oxygen atoms in total. The van der Waals surface area contributed by atoms with Crippen LogP contribution in [0.1, 0.15) is 50.3 Å². The van der Waals surface area contributed by atoms with Gasteiger partial charge in [-0.05, 0) is 55.7 Å². The summed E-state index contributed by atoms with van der Waals surface area (Å²) in [6, 6.07) is 13.5. The normalized spacial score (nSPS) is 25.3. The van der Waals surface area contributed by atoms with E-state index in [-0.39, 0.29) is 31.7 Å². The lowest BCUT2D eigenvalue weighted by molar-refractivity contribution is -0.153. The summed E-state index contributed by atoms with van der Waals surface area (Å²) in [5, 5.41) is 5.86. The van der Waals surface area contributed by atoms with Crippen LogP contribution in [0.25, 0.3) is 0 Å². The van der Waals surface area contributed by atoms with Gasteiger partial charge in [0.15, 0.2) is 0 Å². The maximum absolute atomic E-state index is 14.9. The highest BCUT2D eigenvalue weighted by atomic mass is 16.5. The maximum atomic E-state index is 14.9. The summed E-state index contributed by atoms with van der Waals surface area (Å²) >= 11 is 0. The maximum Gasteiger partial charge on any atom is 0.325 e. The van der Waals surface area contributed by atoms with E-state index in [2.05, 4.69) is 15.6 Å². The number of nitrogens with one attached hydrogen (secondary N) is 2. The monoisotopic (exact) mass is 641 g/mol. The number of esters is 1. The molecule has 2 aromatic rings. The molecule has 1 aromatic carbocycles. The van der Waals surface area contributed by atoms with Gasteiger partial charge in [0.05, 0.1) is 31.2 Å². The number of aromatic nitrogens is 1. The summed E-state index contributed by atoms with van der Waals surface area (Å²) in [7, 11) is 1.18. The standard InChI is InChI=1S/C35H39N5O7/c1-3-24-25-14-15-26-28(32(44)39(30(26)42)20-27(41)47-2)29(25)35(17-21-9-5-4-6-10-21,33(45)37-18-22-12-13-22)40(31(24)43)34(46)38-19-23-11-7-8-16-36-23/h4-11,16,22,26,28-29H,3,12-15,17-20H2,1-2H3,(H,37,45)(H,38,46)/t26-,28-,29+,35+/m1/s1. The molecule has 1 saturated heterocycles. The van der Waals surface area contributed by atoms with Crippen LogP contribution in [0.4, 0.5) is 4.79 Å². The van der Waals surface area contributed by atoms with Crippen molar-refractivity contribution in [2.75, 3.05) is 20.2 Å². The van der Waals surface area contributed by atoms with E-state index in [0.29, 0.717) is 35.4 Å². The first kappa shape index (κ1) is 32.1. The van der Waals surface area contributed by atoms with E-state index in [1.807, 2.05) is 30.3 Å². The molecule has 2 aliphatic carbocycles. The molecular formula is C35H39N5O7. The van der Waals surface area contributed by atoms with Gasteiger partial charge < -0.3 is 15.4 Å². The van der Waals surface area contributed by atoms with Crippen LogP contribution in [-0.4, -0.2) is 76.2 Å². The summed E-state index contributed by atoms with van der Waals surface area (Å²) in [6.45, 7) is 1.60. The van der Waals surface area contributed by atoms with Crippen molar-refractivity contribution in [1.29, 1.82) is 0 Å². The van der Waals surface area contributed by atoms with Gasteiger partial charge in [0.2, 0.25) is 17.7 Å². The summed E-state index contributed by atoms with van der Waals surface area (Å²) < 4.78 is 4.78. The average Bonchev–Trinajstić information content (AvgIpc) is 3.89. The number of nitrogens with zero attached hydrogens (tertiary/aromatic N) is 3. The van der Waals surface area contributed by atoms with Crippen LogP contribution in [0, 0.1) is 23.7 Å². The third-order valence-corrected chi connectivity index (χ3v) is 9.97. The molecule has 12 heteroatoms. The minimum Gasteiger partial charge on any atom is -0.468 e. The number of imide groups is 2. The molecule has 0 bridgehead atoms. The molecule has 2 saturated carbocycles. The number of pyridine rings is 1. The molecule has 2 N–H and O–H groups in total. The number of benzene rings is 1.